The van der Waals surface area contributed by atoms with E-state index in [1.165, 1.54) is 10.9 Å². The van der Waals surface area contributed by atoms with Crippen LogP contribution in [0.5, 0.6) is 0 Å². The number of fused-ring (bicyclic) bond motifs is 1. The zero-order valence-corrected chi connectivity index (χ0v) is 7.33. The maximum absolute atomic E-state index is 3.98. The van der Waals surface area contributed by atoms with Crippen molar-refractivity contribution in [1.29, 1.82) is 0 Å². The smallest absolute Gasteiger partial charge is 0.0653 e. The van der Waals surface area contributed by atoms with Crippen molar-refractivity contribution in [3.05, 3.63) is 30.0 Å². The molecule has 2 aromatic rings. The second-order valence-corrected chi connectivity index (χ2v) is 3.37. The molecule has 0 bridgehead atoms. The van der Waals surface area contributed by atoms with Crippen molar-refractivity contribution in [3.8, 4) is 0 Å². The van der Waals surface area contributed by atoms with Gasteiger partial charge >= 0.3 is 0 Å². The van der Waals surface area contributed by atoms with Gasteiger partial charge in [0.15, 0.2) is 0 Å². The molecule has 12 heavy (non-hydrogen) atoms. The fourth-order valence-electron chi connectivity index (χ4n) is 1.31. The fourth-order valence-corrected chi connectivity index (χ4v) is 1.31. The summed E-state index contributed by atoms with van der Waals surface area (Å²) in [5.41, 5.74) is 2.48. The summed E-state index contributed by atoms with van der Waals surface area (Å²) in [6.07, 6.45) is 1.85. The molecule has 0 aliphatic rings. The molecular weight excluding hydrogens is 148 g/mol. The highest BCUT2D eigenvalue weighted by Crippen LogP contribution is 2.18. The van der Waals surface area contributed by atoms with Gasteiger partial charge in [0.1, 0.15) is 0 Å². The van der Waals surface area contributed by atoms with Crippen molar-refractivity contribution in [2.45, 2.75) is 19.8 Å². The Kier molecular flexibility index (Phi) is 1.61. The summed E-state index contributed by atoms with van der Waals surface area (Å²) in [7, 11) is 0. The molecule has 0 aliphatic heterocycles. The van der Waals surface area contributed by atoms with Crippen molar-refractivity contribution in [1.82, 2.24) is 10.2 Å². The molecule has 2 nitrogen and oxygen atoms in total. The second-order valence-electron chi connectivity index (χ2n) is 3.37. The van der Waals surface area contributed by atoms with Gasteiger partial charge in [0, 0.05) is 5.39 Å². The lowest BCUT2D eigenvalue weighted by Gasteiger charge is -2.03. The summed E-state index contributed by atoms with van der Waals surface area (Å²) < 4.78 is 0. The topological polar surface area (TPSA) is 28.7 Å². The van der Waals surface area contributed by atoms with Gasteiger partial charge in [0.05, 0.1) is 11.7 Å². The van der Waals surface area contributed by atoms with Crippen LogP contribution in [-0.2, 0) is 0 Å². The van der Waals surface area contributed by atoms with Crippen molar-refractivity contribution in [2.75, 3.05) is 0 Å². The van der Waals surface area contributed by atoms with E-state index in [0.29, 0.717) is 5.92 Å². The monoisotopic (exact) mass is 160 g/mol. The lowest BCUT2D eigenvalue weighted by Crippen LogP contribution is -1.85. The molecule has 1 heterocycles. The van der Waals surface area contributed by atoms with E-state index in [1.54, 1.807) is 0 Å². The summed E-state index contributed by atoms with van der Waals surface area (Å²) in [4.78, 5) is 0. The molecule has 1 aromatic carbocycles. The number of benzene rings is 1. The Morgan fingerprint density at radius 1 is 1.33 bits per heavy atom. The van der Waals surface area contributed by atoms with E-state index >= 15 is 0 Å². The third kappa shape index (κ3) is 1.09. The predicted molar refractivity (Wildman–Crippen MR) is 50.2 cm³/mol. The number of nitrogens with zero attached hydrogens (tertiary/aromatic N) is 1. The van der Waals surface area contributed by atoms with Gasteiger partial charge in [-0.2, -0.15) is 5.10 Å². The Morgan fingerprint density at radius 3 is 2.92 bits per heavy atom. The normalized spacial score (nSPS) is 11.2. The van der Waals surface area contributed by atoms with Crippen molar-refractivity contribution in [3.63, 3.8) is 0 Å². The zero-order chi connectivity index (χ0) is 8.55. The van der Waals surface area contributed by atoms with Gasteiger partial charge in [-0.15, -0.1) is 0 Å². The molecule has 62 valence electrons. The first-order valence-electron chi connectivity index (χ1n) is 4.20. The molecule has 2 heteroatoms. The Hall–Kier alpha value is -1.31. The van der Waals surface area contributed by atoms with E-state index in [0.717, 1.165) is 5.52 Å². The molecule has 0 atom stereocenters. The van der Waals surface area contributed by atoms with E-state index in [4.69, 9.17) is 0 Å². The molecule has 1 N–H and O–H groups in total. The van der Waals surface area contributed by atoms with Gasteiger partial charge in [-0.3, -0.25) is 5.10 Å². The van der Waals surface area contributed by atoms with Crippen LogP contribution < -0.4 is 0 Å². The third-order valence-electron chi connectivity index (χ3n) is 2.13. The van der Waals surface area contributed by atoms with Crippen LogP contribution in [0.4, 0.5) is 0 Å². The molecule has 0 fully saturated rings. The fraction of sp³-hybridized carbons (Fsp3) is 0.300. The Bertz CT molecular complexity index is 387. The number of hydrogen-bond donors (Lipinski definition) is 1. The van der Waals surface area contributed by atoms with Crippen LogP contribution in [0.1, 0.15) is 25.3 Å². The van der Waals surface area contributed by atoms with Gasteiger partial charge in [0.2, 0.25) is 0 Å². The molecule has 0 unspecified atom stereocenters. The standard InChI is InChI=1S/C10H12N2/c1-7(2)8-3-4-9-6-11-12-10(9)5-8/h3-7H,1-2H3,(H,11,12). The lowest BCUT2D eigenvalue weighted by atomic mass is 10.0. The highest BCUT2D eigenvalue weighted by atomic mass is 15.1. The van der Waals surface area contributed by atoms with E-state index in [2.05, 4.69) is 42.2 Å². The van der Waals surface area contributed by atoms with Crippen LogP contribution >= 0.6 is 0 Å². The van der Waals surface area contributed by atoms with E-state index in [1.807, 2.05) is 6.20 Å². The predicted octanol–water partition coefficient (Wildman–Crippen LogP) is 2.69. The van der Waals surface area contributed by atoms with Crippen LogP contribution in [0, 0.1) is 0 Å². The molecule has 1 aromatic heterocycles. The van der Waals surface area contributed by atoms with Crippen LogP contribution in [0.2, 0.25) is 0 Å². The molecule has 2 rings (SSSR count). The average Bonchev–Trinajstić information content (AvgIpc) is 2.49. The van der Waals surface area contributed by atoms with Gasteiger partial charge in [-0.1, -0.05) is 26.0 Å². The summed E-state index contributed by atoms with van der Waals surface area (Å²) in [5, 5.41) is 8.12. The van der Waals surface area contributed by atoms with Gasteiger partial charge in [0.25, 0.3) is 0 Å². The van der Waals surface area contributed by atoms with Gasteiger partial charge in [-0.25, -0.2) is 0 Å². The zero-order valence-electron chi connectivity index (χ0n) is 7.33. The van der Waals surface area contributed by atoms with Crippen molar-refractivity contribution in [2.24, 2.45) is 0 Å². The quantitative estimate of drug-likeness (QED) is 0.682. The summed E-state index contributed by atoms with van der Waals surface area (Å²) in [6.45, 7) is 4.38. The first-order valence-corrected chi connectivity index (χ1v) is 4.20. The molecule has 0 aliphatic carbocycles. The number of aromatic amines is 1. The van der Waals surface area contributed by atoms with E-state index in [9.17, 15) is 0 Å². The number of H-pyrrole nitrogens is 1. The Labute approximate surface area is 71.6 Å². The van der Waals surface area contributed by atoms with E-state index < -0.39 is 0 Å². The van der Waals surface area contributed by atoms with Crippen LogP contribution in [0.25, 0.3) is 10.9 Å². The minimum Gasteiger partial charge on any atom is -0.278 e. The summed E-state index contributed by atoms with van der Waals surface area (Å²) in [5.74, 6) is 0.581. The molecular formula is C10H12N2. The Morgan fingerprint density at radius 2 is 2.17 bits per heavy atom. The molecule has 0 amide bonds. The number of hydrogen-bond acceptors (Lipinski definition) is 1. The maximum atomic E-state index is 3.98. The number of nitrogens with one attached hydrogen (secondary N) is 1. The first-order chi connectivity index (χ1) is 5.77. The van der Waals surface area contributed by atoms with Crippen LogP contribution in [0.15, 0.2) is 24.4 Å². The first kappa shape index (κ1) is 7.35. The van der Waals surface area contributed by atoms with Crippen LogP contribution in [-0.4, -0.2) is 10.2 Å². The van der Waals surface area contributed by atoms with Crippen LogP contribution in [0.3, 0.4) is 0 Å². The van der Waals surface area contributed by atoms with E-state index in [-0.39, 0.29) is 0 Å². The largest absolute Gasteiger partial charge is 0.278 e. The summed E-state index contributed by atoms with van der Waals surface area (Å²) in [6, 6.07) is 6.42. The Balaban J connectivity index is 2.60. The molecule has 0 spiro atoms. The van der Waals surface area contributed by atoms with Gasteiger partial charge < -0.3 is 0 Å². The highest BCUT2D eigenvalue weighted by Gasteiger charge is 2.00. The maximum Gasteiger partial charge on any atom is 0.0653 e. The minimum absolute atomic E-state index is 0.581. The lowest BCUT2D eigenvalue weighted by molar-refractivity contribution is 0.868. The molecule has 0 saturated heterocycles. The molecule has 0 saturated carbocycles. The second kappa shape index (κ2) is 2.63. The highest BCUT2D eigenvalue weighted by molar-refractivity contribution is 5.78. The average molecular weight is 160 g/mol. The number of aromatic nitrogens is 2. The van der Waals surface area contributed by atoms with Crippen molar-refractivity contribution < 1.29 is 0 Å². The molecule has 0 radical (unpaired) electrons. The summed E-state index contributed by atoms with van der Waals surface area (Å²) >= 11 is 0. The van der Waals surface area contributed by atoms with Crippen molar-refractivity contribution >= 4 is 10.9 Å². The number of rotatable bonds is 1. The SMILES string of the molecule is CC(C)c1ccc2cn[nH]c2c1. The van der Waals surface area contributed by atoms with Gasteiger partial charge in [-0.05, 0) is 17.5 Å². The third-order valence-corrected chi connectivity index (χ3v) is 2.13. The minimum atomic E-state index is 0.581.